The Balaban J connectivity index is 3.09. The number of hydrogen-bond acceptors (Lipinski definition) is 11. The molecule has 21 nitrogen and oxygen atoms in total. The number of carbonyl (C=O) groups is 8. The third kappa shape index (κ3) is 23.0. The number of hydrogen-bond donors (Lipinski definition) is 12. The van der Waals surface area contributed by atoms with Crippen LogP contribution in [0.1, 0.15) is 98.5 Å². The third-order valence-corrected chi connectivity index (χ3v) is 10.1. The summed E-state index contributed by atoms with van der Waals surface area (Å²) in [5, 5.41) is 27.6. The van der Waals surface area contributed by atoms with Crippen LogP contribution >= 0.6 is 0 Å². The van der Waals surface area contributed by atoms with E-state index in [1.807, 2.05) is 58.0 Å². The Morgan fingerprint density at radius 1 is 0.641 bits per heavy atom. The van der Waals surface area contributed by atoms with E-state index in [-0.39, 0.29) is 68.8 Å². The molecule has 64 heavy (non-hydrogen) atoms. The van der Waals surface area contributed by atoms with E-state index in [2.05, 4.69) is 42.2 Å². The predicted molar refractivity (Wildman–Crippen MR) is 243 cm³/mol. The van der Waals surface area contributed by atoms with Gasteiger partial charge in [-0.1, -0.05) is 78.3 Å². The second-order valence-corrected chi connectivity index (χ2v) is 16.8. The minimum Gasteiger partial charge on any atom is -0.480 e. The average molecular weight is 903 g/mol. The molecule has 0 heterocycles. The van der Waals surface area contributed by atoms with Crippen LogP contribution in [-0.2, 0) is 44.8 Å². The summed E-state index contributed by atoms with van der Waals surface area (Å²) in [7, 11) is 0. The molecule has 360 valence electrons. The number of amides is 7. The number of carbonyl (C=O) groups excluding carboxylic acids is 7. The summed E-state index contributed by atoms with van der Waals surface area (Å²) in [6.45, 7) is 10.1. The fourth-order valence-electron chi connectivity index (χ4n) is 6.46. The number of benzene rings is 1. The quantitative estimate of drug-likeness (QED) is 0.0233. The summed E-state index contributed by atoms with van der Waals surface area (Å²) in [6.07, 6.45) is 2.68. The van der Waals surface area contributed by atoms with Gasteiger partial charge in [0.05, 0.1) is 19.1 Å². The van der Waals surface area contributed by atoms with E-state index >= 15 is 0 Å². The zero-order chi connectivity index (χ0) is 48.4. The molecule has 0 aromatic heterocycles. The highest BCUT2D eigenvalue weighted by Crippen LogP contribution is 2.11. The topological polar surface area (TPSA) is 357 Å². The van der Waals surface area contributed by atoms with Crippen LogP contribution in [0.25, 0.3) is 0 Å². The summed E-state index contributed by atoms with van der Waals surface area (Å²) in [5.74, 6) is -6.73. The van der Waals surface area contributed by atoms with E-state index in [1.54, 1.807) is 13.8 Å². The van der Waals surface area contributed by atoms with Gasteiger partial charge in [0.25, 0.3) is 0 Å². The molecular formula is C43H74N12O9. The first-order chi connectivity index (χ1) is 30.2. The highest BCUT2D eigenvalue weighted by molar-refractivity contribution is 5.96. The first kappa shape index (κ1) is 56.2. The van der Waals surface area contributed by atoms with Crippen molar-refractivity contribution in [3.05, 3.63) is 35.9 Å². The van der Waals surface area contributed by atoms with Crippen LogP contribution in [0, 0.1) is 17.8 Å². The molecule has 1 rings (SSSR count). The van der Waals surface area contributed by atoms with Gasteiger partial charge < -0.3 is 65.3 Å². The molecule has 1 aromatic rings. The van der Waals surface area contributed by atoms with Crippen molar-refractivity contribution in [1.82, 2.24) is 37.2 Å². The zero-order valence-electron chi connectivity index (χ0n) is 38.2. The van der Waals surface area contributed by atoms with Crippen molar-refractivity contribution in [3.63, 3.8) is 0 Å². The minimum absolute atomic E-state index is 0.0278. The summed E-state index contributed by atoms with van der Waals surface area (Å²) >= 11 is 0. The fourth-order valence-corrected chi connectivity index (χ4v) is 6.46. The summed E-state index contributed by atoms with van der Waals surface area (Å²) in [5.41, 5.74) is 23.6. The molecule has 0 aliphatic carbocycles. The third-order valence-electron chi connectivity index (χ3n) is 10.1. The highest BCUT2D eigenvalue weighted by atomic mass is 16.4. The lowest BCUT2D eigenvalue weighted by Gasteiger charge is -2.26. The predicted octanol–water partition coefficient (Wildman–Crippen LogP) is -1.38. The molecule has 7 amide bonds. The molecular weight excluding hydrogens is 829 g/mol. The van der Waals surface area contributed by atoms with E-state index in [1.165, 1.54) is 0 Å². The van der Waals surface area contributed by atoms with E-state index in [0.717, 1.165) is 5.56 Å². The van der Waals surface area contributed by atoms with E-state index in [4.69, 9.17) is 22.9 Å². The Kier molecular flexibility index (Phi) is 26.6. The minimum atomic E-state index is -1.22. The van der Waals surface area contributed by atoms with Crippen LogP contribution in [0.5, 0.6) is 0 Å². The summed E-state index contributed by atoms with van der Waals surface area (Å²) in [4.78, 5) is 109. The van der Waals surface area contributed by atoms with Gasteiger partial charge in [0.1, 0.15) is 30.2 Å². The van der Waals surface area contributed by atoms with Crippen LogP contribution in [0.3, 0.4) is 0 Å². The Morgan fingerprint density at radius 3 is 1.66 bits per heavy atom. The number of nitrogens with two attached hydrogens (primary N) is 4. The largest absolute Gasteiger partial charge is 0.480 e. The Labute approximate surface area is 376 Å². The Bertz CT molecular complexity index is 1690. The smallest absolute Gasteiger partial charge is 0.326 e. The molecule has 0 fully saturated rings. The lowest BCUT2D eigenvalue weighted by atomic mass is 9.99. The number of carboxylic acid groups (broad SMARTS) is 1. The van der Waals surface area contributed by atoms with Crippen LogP contribution in [0.15, 0.2) is 35.3 Å². The Hall–Kier alpha value is -5.83. The molecule has 1 aromatic carbocycles. The SMILES string of the molecule is CC[C@H](C)[C@H](NC(=O)CNC(=O)[C@H](CCCN=C(N)N)NC(=O)[C@H](CC(C)C)NC(=O)CNC(=O)[C@H](CC(C)C)NC(=O)[C@H](CCCCN)NC(=O)[C@@H](N)Cc1ccccc1)C(=O)O. The van der Waals surface area contributed by atoms with Crippen molar-refractivity contribution in [3.8, 4) is 0 Å². The molecule has 0 aliphatic heterocycles. The van der Waals surface area contributed by atoms with Gasteiger partial charge in [0.2, 0.25) is 41.4 Å². The molecule has 7 atom stereocenters. The van der Waals surface area contributed by atoms with Gasteiger partial charge in [-0.05, 0) is 81.2 Å². The van der Waals surface area contributed by atoms with Gasteiger partial charge >= 0.3 is 5.97 Å². The molecule has 0 bridgehead atoms. The Morgan fingerprint density at radius 2 is 1.12 bits per heavy atom. The maximum Gasteiger partial charge on any atom is 0.326 e. The molecule has 0 radical (unpaired) electrons. The summed E-state index contributed by atoms with van der Waals surface area (Å²) in [6, 6.07) is 2.60. The zero-order valence-corrected chi connectivity index (χ0v) is 38.2. The molecule has 0 unspecified atom stereocenters. The first-order valence-electron chi connectivity index (χ1n) is 22.0. The van der Waals surface area contributed by atoms with E-state index < -0.39 is 96.7 Å². The first-order valence-corrected chi connectivity index (χ1v) is 22.0. The second-order valence-electron chi connectivity index (χ2n) is 16.8. The fraction of sp³-hybridized carbons (Fsp3) is 0.651. The number of aliphatic imine (C=N–C) groups is 1. The van der Waals surface area contributed by atoms with Crippen molar-refractivity contribution in [2.75, 3.05) is 26.2 Å². The number of guanidine groups is 1. The van der Waals surface area contributed by atoms with Gasteiger partial charge in [0, 0.05) is 6.54 Å². The molecule has 16 N–H and O–H groups in total. The molecule has 0 saturated heterocycles. The van der Waals surface area contributed by atoms with Gasteiger partial charge in [-0.2, -0.15) is 0 Å². The number of rotatable bonds is 31. The molecule has 0 spiro atoms. The van der Waals surface area contributed by atoms with Crippen molar-refractivity contribution < 1.29 is 43.5 Å². The van der Waals surface area contributed by atoms with Gasteiger partial charge in [0.15, 0.2) is 5.96 Å². The number of aliphatic carboxylic acids is 1. The van der Waals surface area contributed by atoms with Gasteiger partial charge in [-0.3, -0.25) is 38.6 Å². The van der Waals surface area contributed by atoms with Crippen molar-refractivity contribution in [2.24, 2.45) is 45.7 Å². The number of nitrogens with one attached hydrogen (secondary N) is 7. The van der Waals surface area contributed by atoms with Crippen molar-refractivity contribution >= 4 is 53.3 Å². The van der Waals surface area contributed by atoms with Crippen LogP contribution < -0.4 is 60.2 Å². The lowest BCUT2D eigenvalue weighted by Crippen LogP contribution is -2.57. The monoisotopic (exact) mass is 903 g/mol. The van der Waals surface area contributed by atoms with Crippen LogP contribution in [-0.4, -0.2) is 121 Å². The lowest BCUT2D eigenvalue weighted by molar-refractivity contribution is -0.143. The molecule has 21 heteroatoms. The van der Waals surface area contributed by atoms with Crippen molar-refractivity contribution in [2.45, 2.75) is 136 Å². The van der Waals surface area contributed by atoms with Gasteiger partial charge in [-0.15, -0.1) is 0 Å². The highest BCUT2D eigenvalue weighted by Gasteiger charge is 2.31. The van der Waals surface area contributed by atoms with E-state index in [0.29, 0.717) is 25.8 Å². The average Bonchev–Trinajstić information content (AvgIpc) is 3.23. The van der Waals surface area contributed by atoms with Crippen molar-refractivity contribution in [1.29, 1.82) is 0 Å². The number of carboxylic acids is 1. The normalized spacial score (nSPS) is 14.3. The molecule has 0 saturated carbocycles. The van der Waals surface area contributed by atoms with Crippen LogP contribution in [0.2, 0.25) is 0 Å². The second kappa shape index (κ2) is 30.3. The number of unbranched alkanes of at least 4 members (excludes halogenated alkanes) is 1. The maximum atomic E-state index is 13.7. The number of nitrogens with zero attached hydrogens (tertiary/aromatic N) is 1. The summed E-state index contributed by atoms with van der Waals surface area (Å²) < 4.78 is 0. The van der Waals surface area contributed by atoms with E-state index in [9.17, 15) is 43.5 Å². The standard InChI is InChI=1S/C43H74N12O9/c1-7-27(6)36(42(63)64)55-35(57)24-49-38(59)30(17-13-19-48-43(46)47)53-41(62)33(21-26(4)5)51-34(56)23-50-39(60)32(20-25(2)3)54-40(61)31(16-11-12-18-44)52-37(58)29(45)22-28-14-9-8-10-15-28/h8-10,14-15,25-27,29-33,36H,7,11-13,16-24,44-45H2,1-6H3,(H,49,59)(H,50,60)(H,51,56)(H,52,58)(H,53,62)(H,54,61)(H,55,57)(H,63,64)(H4,46,47,48)/t27-,29-,30-,31-,32-,33-,36-/m0/s1. The maximum absolute atomic E-state index is 13.7. The van der Waals surface area contributed by atoms with Gasteiger partial charge in [-0.25, -0.2) is 4.79 Å². The van der Waals surface area contributed by atoms with Crippen LogP contribution in [0.4, 0.5) is 0 Å². The molecule has 0 aliphatic rings.